The molecule has 4 heterocycles. The third-order valence-corrected chi connectivity index (χ3v) is 4.85. The van der Waals surface area contributed by atoms with Crippen molar-refractivity contribution < 1.29 is 9.21 Å². The molecule has 4 aromatic rings. The van der Waals surface area contributed by atoms with Crippen LogP contribution in [0.5, 0.6) is 0 Å². The van der Waals surface area contributed by atoms with Crippen molar-refractivity contribution in [3.05, 3.63) is 64.8 Å². The monoisotopic (exact) mass is 376 g/mol. The van der Waals surface area contributed by atoms with Crippen LogP contribution in [0.3, 0.4) is 0 Å². The van der Waals surface area contributed by atoms with E-state index >= 15 is 0 Å². The largest absolute Gasteiger partial charge is 0.451 e. The van der Waals surface area contributed by atoms with Crippen molar-refractivity contribution in [2.24, 2.45) is 0 Å². The minimum Gasteiger partial charge on any atom is -0.451 e. The summed E-state index contributed by atoms with van der Waals surface area (Å²) < 4.78 is 7.23. The van der Waals surface area contributed by atoms with Crippen LogP contribution in [0.1, 0.15) is 17.0 Å². The maximum absolute atomic E-state index is 12.6. The molecule has 1 aliphatic heterocycles. The lowest BCUT2D eigenvalue weighted by molar-refractivity contribution is 0.0913. The van der Waals surface area contributed by atoms with Gasteiger partial charge in [0.2, 0.25) is 0 Å². The molecular weight excluding hydrogens is 360 g/mol. The van der Waals surface area contributed by atoms with Crippen molar-refractivity contribution >= 4 is 28.3 Å². The third kappa shape index (κ3) is 2.86. The highest BCUT2D eigenvalue weighted by Gasteiger charge is 2.26. The van der Waals surface area contributed by atoms with E-state index in [9.17, 15) is 9.59 Å². The number of hydrogen-bond donors (Lipinski definition) is 1. The second kappa shape index (κ2) is 6.45. The van der Waals surface area contributed by atoms with Gasteiger partial charge >= 0.3 is 0 Å². The molecule has 1 saturated heterocycles. The normalized spacial score (nSPS) is 16.7. The minimum atomic E-state index is -0.392. The van der Waals surface area contributed by atoms with Gasteiger partial charge in [0.1, 0.15) is 17.7 Å². The van der Waals surface area contributed by atoms with Crippen molar-refractivity contribution in [1.82, 2.24) is 25.1 Å². The van der Waals surface area contributed by atoms with Gasteiger partial charge in [0, 0.05) is 25.2 Å². The average Bonchev–Trinajstić information content (AvgIpc) is 3.36. The van der Waals surface area contributed by atoms with Crippen LogP contribution in [0, 0.1) is 0 Å². The molecule has 5 rings (SSSR count). The van der Waals surface area contributed by atoms with Crippen LogP contribution in [-0.4, -0.2) is 44.8 Å². The van der Waals surface area contributed by atoms with E-state index in [1.165, 1.54) is 6.07 Å². The molecule has 3 aromatic heterocycles. The topological polar surface area (TPSA) is 106 Å². The van der Waals surface area contributed by atoms with Gasteiger partial charge in [-0.3, -0.25) is 9.59 Å². The van der Waals surface area contributed by atoms with Gasteiger partial charge in [-0.25, -0.2) is 0 Å². The number of benzene rings is 1. The Kier molecular flexibility index (Phi) is 3.78. The van der Waals surface area contributed by atoms with Crippen molar-refractivity contribution in [1.29, 1.82) is 0 Å². The van der Waals surface area contributed by atoms with Gasteiger partial charge in [-0.1, -0.05) is 12.1 Å². The zero-order valence-electron chi connectivity index (χ0n) is 14.8. The van der Waals surface area contributed by atoms with Crippen LogP contribution in [-0.2, 0) is 0 Å². The van der Waals surface area contributed by atoms with Crippen molar-refractivity contribution in [3.63, 3.8) is 0 Å². The summed E-state index contributed by atoms with van der Waals surface area (Å²) in [4.78, 5) is 26.9. The van der Waals surface area contributed by atoms with E-state index in [1.54, 1.807) is 35.1 Å². The quantitative estimate of drug-likeness (QED) is 0.573. The first-order valence-electron chi connectivity index (χ1n) is 8.93. The summed E-state index contributed by atoms with van der Waals surface area (Å²) >= 11 is 0. The third-order valence-electron chi connectivity index (χ3n) is 4.85. The number of fused-ring (bicyclic) bond motifs is 2. The summed E-state index contributed by atoms with van der Waals surface area (Å²) in [6, 6.07) is 11.8. The summed E-state index contributed by atoms with van der Waals surface area (Å²) in [6.07, 6.45) is 2.32. The average molecular weight is 376 g/mol. The molecule has 28 heavy (non-hydrogen) atoms. The van der Waals surface area contributed by atoms with Crippen molar-refractivity contribution in [3.8, 4) is 0 Å². The predicted octanol–water partition coefficient (Wildman–Crippen LogP) is 1.24. The Morgan fingerprint density at radius 1 is 1.21 bits per heavy atom. The highest BCUT2D eigenvalue weighted by molar-refractivity contribution is 5.93. The summed E-state index contributed by atoms with van der Waals surface area (Å²) in [5, 5.41) is 15.7. The molecule has 1 amide bonds. The second-order valence-corrected chi connectivity index (χ2v) is 6.70. The first-order chi connectivity index (χ1) is 13.7. The molecule has 1 N–H and O–H groups in total. The van der Waals surface area contributed by atoms with Gasteiger partial charge in [-0.05, 0) is 30.7 Å². The van der Waals surface area contributed by atoms with Crippen LogP contribution in [0.25, 0.3) is 16.6 Å². The van der Waals surface area contributed by atoms with Crippen molar-refractivity contribution in [2.45, 2.75) is 12.5 Å². The van der Waals surface area contributed by atoms with Gasteiger partial charge in [0.25, 0.3) is 5.91 Å². The van der Waals surface area contributed by atoms with E-state index in [1.807, 2.05) is 12.1 Å². The maximum atomic E-state index is 12.6. The number of nitrogens with zero attached hydrogens (tertiary/aromatic N) is 5. The van der Waals surface area contributed by atoms with Crippen LogP contribution in [0.4, 0.5) is 5.82 Å². The molecule has 0 bridgehead atoms. The number of nitrogens with one attached hydrogen (secondary N) is 1. The molecule has 1 aromatic carbocycles. The summed E-state index contributed by atoms with van der Waals surface area (Å²) in [5.74, 6) is 0.421. The summed E-state index contributed by atoms with van der Waals surface area (Å²) in [6.45, 7) is 1.37. The smallest absolute Gasteiger partial charge is 0.287 e. The van der Waals surface area contributed by atoms with Crippen LogP contribution in [0.2, 0.25) is 0 Å². The Bertz CT molecular complexity index is 1250. The first-order valence-corrected chi connectivity index (χ1v) is 8.93. The van der Waals surface area contributed by atoms with E-state index in [0.717, 1.165) is 18.8 Å². The fourth-order valence-electron chi connectivity index (χ4n) is 3.45. The number of rotatable bonds is 3. The molecule has 1 aliphatic rings. The molecule has 9 heteroatoms. The lowest BCUT2D eigenvalue weighted by Gasteiger charge is -2.17. The highest BCUT2D eigenvalue weighted by atomic mass is 16.3. The van der Waals surface area contributed by atoms with Gasteiger partial charge in [0.05, 0.1) is 5.39 Å². The molecule has 140 valence electrons. The van der Waals surface area contributed by atoms with E-state index in [2.05, 4.69) is 25.5 Å². The second-order valence-electron chi connectivity index (χ2n) is 6.70. The van der Waals surface area contributed by atoms with E-state index in [0.29, 0.717) is 23.2 Å². The number of para-hydroxylation sites is 1. The lowest BCUT2D eigenvalue weighted by Crippen LogP contribution is -2.37. The van der Waals surface area contributed by atoms with Gasteiger partial charge in [0.15, 0.2) is 16.8 Å². The van der Waals surface area contributed by atoms with Gasteiger partial charge < -0.3 is 14.6 Å². The van der Waals surface area contributed by atoms with Crippen molar-refractivity contribution in [2.75, 3.05) is 18.0 Å². The molecule has 0 radical (unpaired) electrons. The van der Waals surface area contributed by atoms with E-state index in [-0.39, 0.29) is 17.2 Å². The Balaban J connectivity index is 1.31. The number of hydrogen-bond acceptors (Lipinski definition) is 7. The number of carbonyl (C=O) groups excluding carboxylic acids is 1. The predicted molar refractivity (Wildman–Crippen MR) is 101 cm³/mol. The van der Waals surface area contributed by atoms with Gasteiger partial charge in [-0.2, -0.15) is 4.52 Å². The minimum absolute atomic E-state index is 0.0196. The maximum Gasteiger partial charge on any atom is 0.287 e. The number of carbonyl (C=O) groups is 1. The standard InChI is InChI=1S/C19H16N6O3/c26-14-9-16(28-15-4-2-1-3-13(14)15)19(27)21-12-7-8-24(10-12)18-6-5-17-22-20-11-25(17)23-18/h1-6,9,11-12H,7-8,10H2,(H,21,27)/t12-/m1/s1. The SMILES string of the molecule is O=C(N[C@@H]1CCN(c2ccc3nncn3n2)C1)c1cc(=O)c2ccccc2o1. The van der Waals surface area contributed by atoms with Gasteiger partial charge in [-0.15, -0.1) is 15.3 Å². The lowest BCUT2D eigenvalue weighted by atomic mass is 10.2. The molecule has 0 saturated carbocycles. The molecule has 0 spiro atoms. The van der Waals surface area contributed by atoms with E-state index in [4.69, 9.17) is 4.42 Å². The zero-order valence-corrected chi connectivity index (χ0v) is 14.8. The van der Waals surface area contributed by atoms with Crippen LogP contribution < -0.4 is 15.6 Å². The Labute approximate surface area is 158 Å². The zero-order chi connectivity index (χ0) is 19.1. The summed E-state index contributed by atoms with van der Waals surface area (Å²) in [5.41, 5.74) is 0.852. The molecule has 1 atom stereocenters. The Hall–Kier alpha value is -3.75. The molecule has 9 nitrogen and oxygen atoms in total. The first kappa shape index (κ1) is 16.4. The Morgan fingerprint density at radius 3 is 3.04 bits per heavy atom. The fraction of sp³-hybridized carbons (Fsp3) is 0.211. The molecule has 1 fully saturated rings. The number of aromatic nitrogens is 4. The number of amides is 1. The molecular formula is C19H16N6O3. The Morgan fingerprint density at radius 2 is 2.11 bits per heavy atom. The van der Waals surface area contributed by atoms with Crippen LogP contribution >= 0.6 is 0 Å². The molecule has 0 unspecified atom stereocenters. The molecule has 0 aliphatic carbocycles. The summed E-state index contributed by atoms with van der Waals surface area (Å²) in [7, 11) is 0. The number of anilines is 1. The van der Waals surface area contributed by atoms with Crippen LogP contribution in [0.15, 0.2) is 58.0 Å². The highest BCUT2D eigenvalue weighted by Crippen LogP contribution is 2.19. The fourth-order valence-corrected chi connectivity index (χ4v) is 3.45. The van der Waals surface area contributed by atoms with E-state index < -0.39 is 5.91 Å².